The summed E-state index contributed by atoms with van der Waals surface area (Å²) in [6.45, 7) is 7.52. The van der Waals surface area contributed by atoms with Crippen molar-refractivity contribution in [3.8, 4) is 0 Å². The van der Waals surface area contributed by atoms with Gasteiger partial charge in [-0.3, -0.25) is 0 Å². The summed E-state index contributed by atoms with van der Waals surface area (Å²) < 4.78 is 1.97. The van der Waals surface area contributed by atoms with E-state index < -0.39 is 0 Å². The predicted molar refractivity (Wildman–Crippen MR) is 113 cm³/mol. The molecule has 0 aliphatic rings. The molecule has 3 heterocycles. The van der Waals surface area contributed by atoms with Crippen LogP contribution in [0.1, 0.15) is 33.2 Å². The highest BCUT2D eigenvalue weighted by Gasteiger charge is 2.10. The van der Waals surface area contributed by atoms with Crippen LogP contribution in [0.5, 0.6) is 0 Å². The maximum absolute atomic E-state index is 4.73. The lowest BCUT2D eigenvalue weighted by Gasteiger charge is -2.17. The molecule has 0 bridgehead atoms. The second-order valence-corrected chi connectivity index (χ2v) is 8.99. The molecule has 0 saturated carbocycles. The molecule has 8 heteroatoms. The number of rotatable bonds is 7. The van der Waals surface area contributed by atoms with Crippen molar-refractivity contribution in [2.24, 2.45) is 12.0 Å². The van der Waals surface area contributed by atoms with Gasteiger partial charge in [-0.2, -0.15) is 0 Å². The molecule has 0 aliphatic carbocycles. The Labute approximate surface area is 168 Å². The Morgan fingerprint density at radius 3 is 2.70 bits per heavy atom. The summed E-state index contributed by atoms with van der Waals surface area (Å²) in [5, 5.41) is 17.4. The maximum Gasteiger partial charge on any atom is 0.192 e. The van der Waals surface area contributed by atoms with Crippen molar-refractivity contribution in [1.82, 2.24) is 25.4 Å². The third kappa shape index (κ3) is 5.64. The Morgan fingerprint density at radius 2 is 2.07 bits per heavy atom. The van der Waals surface area contributed by atoms with Crippen LogP contribution in [0.25, 0.3) is 0 Å². The lowest BCUT2D eigenvalue weighted by molar-refractivity contribution is 0.640. The number of aliphatic imine (C=N–C) groups is 1. The summed E-state index contributed by atoms with van der Waals surface area (Å²) in [7, 11) is 1.97. The van der Waals surface area contributed by atoms with Crippen LogP contribution in [0.4, 0.5) is 0 Å². The molecule has 1 atom stereocenters. The molecule has 0 fully saturated rings. The van der Waals surface area contributed by atoms with Gasteiger partial charge in [0.1, 0.15) is 12.4 Å². The Morgan fingerprint density at radius 1 is 1.22 bits per heavy atom. The number of thiophene rings is 2. The summed E-state index contributed by atoms with van der Waals surface area (Å²) in [4.78, 5) is 8.74. The van der Waals surface area contributed by atoms with Crippen molar-refractivity contribution in [2.75, 3.05) is 0 Å². The van der Waals surface area contributed by atoms with E-state index >= 15 is 0 Å². The van der Waals surface area contributed by atoms with Crippen LogP contribution in [-0.2, 0) is 26.6 Å². The van der Waals surface area contributed by atoms with Crippen LogP contribution in [0, 0.1) is 13.8 Å². The summed E-state index contributed by atoms with van der Waals surface area (Å²) >= 11 is 3.59. The minimum atomic E-state index is 0.277. The van der Waals surface area contributed by atoms with Crippen LogP contribution in [0.2, 0.25) is 0 Å². The number of nitrogens with zero attached hydrogens (tertiary/aromatic N) is 4. The first-order chi connectivity index (χ1) is 13.0. The van der Waals surface area contributed by atoms with E-state index in [4.69, 9.17) is 4.99 Å². The van der Waals surface area contributed by atoms with Gasteiger partial charge in [0, 0.05) is 34.1 Å². The Kier molecular flexibility index (Phi) is 6.63. The molecule has 1 unspecified atom stereocenters. The molecule has 3 rings (SSSR count). The van der Waals surface area contributed by atoms with Gasteiger partial charge in [0.15, 0.2) is 11.8 Å². The molecule has 0 spiro atoms. The molecule has 6 nitrogen and oxygen atoms in total. The fourth-order valence-electron chi connectivity index (χ4n) is 2.66. The number of aryl methyl sites for hydroxylation is 2. The van der Waals surface area contributed by atoms with Gasteiger partial charge in [-0.05, 0) is 44.4 Å². The predicted octanol–water partition coefficient (Wildman–Crippen LogP) is 3.42. The fourth-order valence-corrected chi connectivity index (χ4v) is 4.32. The van der Waals surface area contributed by atoms with Crippen LogP contribution >= 0.6 is 22.7 Å². The van der Waals surface area contributed by atoms with Gasteiger partial charge in [-0.1, -0.05) is 6.07 Å². The van der Waals surface area contributed by atoms with Crippen LogP contribution < -0.4 is 10.6 Å². The lowest BCUT2D eigenvalue weighted by Crippen LogP contribution is -2.42. The minimum absolute atomic E-state index is 0.277. The molecular formula is C19H26N6S2. The van der Waals surface area contributed by atoms with Crippen LogP contribution in [-0.4, -0.2) is 26.8 Å². The van der Waals surface area contributed by atoms with E-state index in [1.165, 1.54) is 14.6 Å². The van der Waals surface area contributed by atoms with E-state index in [9.17, 15) is 0 Å². The third-order valence-electron chi connectivity index (χ3n) is 4.26. The zero-order valence-corrected chi connectivity index (χ0v) is 17.8. The second-order valence-electron chi connectivity index (χ2n) is 6.58. The van der Waals surface area contributed by atoms with E-state index in [0.717, 1.165) is 30.6 Å². The van der Waals surface area contributed by atoms with Crippen molar-refractivity contribution in [1.29, 1.82) is 0 Å². The van der Waals surface area contributed by atoms with Gasteiger partial charge in [-0.25, -0.2) is 4.99 Å². The summed E-state index contributed by atoms with van der Waals surface area (Å²) in [5.41, 5.74) is 0. The normalized spacial score (nSPS) is 13.0. The Hall–Kier alpha value is -2.19. The lowest BCUT2D eigenvalue weighted by atomic mass is 10.2. The van der Waals surface area contributed by atoms with Gasteiger partial charge in [-0.15, -0.1) is 32.9 Å². The summed E-state index contributed by atoms with van der Waals surface area (Å²) in [5.74, 6) is 2.54. The van der Waals surface area contributed by atoms with Gasteiger partial charge < -0.3 is 15.2 Å². The van der Waals surface area contributed by atoms with Crippen molar-refractivity contribution < 1.29 is 0 Å². The minimum Gasteiger partial charge on any atom is -0.354 e. The first-order valence-corrected chi connectivity index (χ1v) is 10.7. The van der Waals surface area contributed by atoms with Crippen LogP contribution in [0.3, 0.4) is 0 Å². The van der Waals surface area contributed by atoms with Crippen LogP contribution in [0.15, 0.2) is 34.6 Å². The van der Waals surface area contributed by atoms with E-state index in [-0.39, 0.29) is 6.04 Å². The van der Waals surface area contributed by atoms with E-state index in [1.807, 2.05) is 29.9 Å². The Bertz CT molecular complexity index is 878. The van der Waals surface area contributed by atoms with E-state index in [0.29, 0.717) is 6.54 Å². The van der Waals surface area contributed by atoms with E-state index in [2.05, 4.69) is 64.3 Å². The fraction of sp³-hybridized carbons (Fsp3) is 0.421. The molecule has 3 aromatic rings. The quantitative estimate of drug-likeness (QED) is 0.469. The standard InChI is InChI=1S/C19H26N6S2/c1-13(10-16-8-7-14(2)27-16)22-19(20-11-17-6-5-9-26-17)21-12-18-24-23-15(3)25(18)4/h5-9,13H,10-12H2,1-4H3,(H2,20,21,22). The molecule has 27 heavy (non-hydrogen) atoms. The molecule has 3 aromatic heterocycles. The average molecular weight is 403 g/mol. The number of nitrogens with one attached hydrogen (secondary N) is 2. The monoisotopic (exact) mass is 402 g/mol. The molecule has 2 N–H and O–H groups in total. The number of aromatic nitrogens is 3. The Balaban J connectivity index is 1.65. The van der Waals surface area contributed by atoms with Crippen molar-refractivity contribution in [3.05, 3.63) is 55.9 Å². The average Bonchev–Trinajstić information content (AvgIpc) is 3.36. The molecule has 0 saturated heterocycles. The number of guanidine groups is 1. The molecule has 144 valence electrons. The van der Waals surface area contributed by atoms with Gasteiger partial charge in [0.05, 0.1) is 6.54 Å². The SMILES string of the molecule is Cc1ccc(CC(C)NC(=NCc2nnc(C)n2C)NCc2cccs2)s1. The molecular weight excluding hydrogens is 376 g/mol. The highest BCUT2D eigenvalue weighted by molar-refractivity contribution is 7.11. The van der Waals surface area contributed by atoms with Gasteiger partial charge in [0.2, 0.25) is 0 Å². The molecule has 0 radical (unpaired) electrons. The highest BCUT2D eigenvalue weighted by atomic mass is 32.1. The number of hydrogen-bond acceptors (Lipinski definition) is 5. The molecule has 0 aromatic carbocycles. The first-order valence-electron chi connectivity index (χ1n) is 8.98. The zero-order valence-electron chi connectivity index (χ0n) is 16.2. The van der Waals surface area contributed by atoms with Crippen molar-refractivity contribution in [3.63, 3.8) is 0 Å². The molecule has 0 amide bonds. The topological polar surface area (TPSA) is 67.1 Å². The van der Waals surface area contributed by atoms with Crippen molar-refractivity contribution >= 4 is 28.6 Å². The van der Waals surface area contributed by atoms with Gasteiger partial charge in [0.25, 0.3) is 0 Å². The summed E-state index contributed by atoms with van der Waals surface area (Å²) in [6, 6.07) is 8.84. The van der Waals surface area contributed by atoms with Gasteiger partial charge >= 0.3 is 0 Å². The highest BCUT2D eigenvalue weighted by Crippen LogP contribution is 2.16. The second kappa shape index (κ2) is 9.14. The maximum atomic E-state index is 4.73. The smallest absolute Gasteiger partial charge is 0.192 e. The van der Waals surface area contributed by atoms with Crippen molar-refractivity contribution in [2.45, 2.75) is 46.3 Å². The zero-order chi connectivity index (χ0) is 19.2. The third-order valence-corrected chi connectivity index (χ3v) is 6.16. The summed E-state index contributed by atoms with van der Waals surface area (Å²) in [6.07, 6.45) is 0.973. The van der Waals surface area contributed by atoms with E-state index in [1.54, 1.807) is 11.3 Å². The number of hydrogen-bond donors (Lipinski definition) is 2. The largest absolute Gasteiger partial charge is 0.354 e. The first kappa shape index (κ1) is 19.6. The molecule has 0 aliphatic heterocycles.